The number of carbonyl (C=O) groups is 1. The fourth-order valence-corrected chi connectivity index (χ4v) is 5.19. The van der Waals surface area contributed by atoms with Crippen molar-refractivity contribution >= 4 is 23.8 Å². The molecule has 0 spiro atoms. The molecule has 2 bridgehead atoms. The van der Waals surface area contributed by atoms with Crippen LogP contribution in [-0.2, 0) is 9.53 Å². The standard InChI is InChI=1S/C23H30O3S/c24-23(25)13-7-2-1-6-12-19-20(22-15-14-21(19)26-22)17-27-16-8-11-18-9-4-3-5-10-18/h3-6,8-12,19-22H,1-2,7,13-17H2,(H,24,25)/t19-,20+,21-,22+/m0/s1. The molecule has 1 N–H and O–H groups in total. The molecule has 4 heteroatoms. The van der Waals surface area contributed by atoms with Crippen molar-refractivity contribution in [2.24, 2.45) is 11.8 Å². The smallest absolute Gasteiger partial charge is 0.303 e. The Labute approximate surface area is 166 Å². The Hall–Kier alpha value is -1.52. The molecule has 0 radical (unpaired) electrons. The van der Waals surface area contributed by atoms with E-state index in [1.807, 2.05) is 17.8 Å². The molecule has 4 atom stereocenters. The number of unbranched alkanes of at least 4 members (excludes halogenated alkanes) is 2. The van der Waals surface area contributed by atoms with Gasteiger partial charge in [-0.3, -0.25) is 4.79 Å². The summed E-state index contributed by atoms with van der Waals surface area (Å²) in [4.78, 5) is 10.6. The van der Waals surface area contributed by atoms with E-state index in [9.17, 15) is 4.79 Å². The number of carboxylic acids is 1. The van der Waals surface area contributed by atoms with Crippen molar-refractivity contribution in [3.8, 4) is 0 Å². The first-order valence-corrected chi connectivity index (χ1v) is 11.2. The topological polar surface area (TPSA) is 46.5 Å². The summed E-state index contributed by atoms with van der Waals surface area (Å²) in [5, 5.41) is 8.69. The van der Waals surface area contributed by atoms with E-state index >= 15 is 0 Å². The maximum absolute atomic E-state index is 10.6. The van der Waals surface area contributed by atoms with Crippen LogP contribution in [-0.4, -0.2) is 34.8 Å². The van der Waals surface area contributed by atoms with E-state index in [1.165, 1.54) is 18.4 Å². The fraction of sp³-hybridized carbons (Fsp3) is 0.522. The highest BCUT2D eigenvalue weighted by Crippen LogP contribution is 2.45. The summed E-state index contributed by atoms with van der Waals surface area (Å²) in [7, 11) is 0. The molecule has 2 aliphatic heterocycles. The van der Waals surface area contributed by atoms with Crippen LogP contribution in [0.5, 0.6) is 0 Å². The van der Waals surface area contributed by atoms with Gasteiger partial charge in [0.25, 0.3) is 0 Å². The second-order valence-corrected chi connectivity index (χ2v) is 8.52. The third kappa shape index (κ3) is 6.25. The Bertz CT molecular complexity index is 640. The number of thioether (sulfide) groups is 1. The largest absolute Gasteiger partial charge is 0.481 e. The lowest BCUT2D eigenvalue weighted by atomic mass is 9.80. The average Bonchev–Trinajstić information content (AvgIpc) is 3.27. The van der Waals surface area contributed by atoms with E-state index < -0.39 is 5.97 Å². The van der Waals surface area contributed by atoms with Gasteiger partial charge in [-0.25, -0.2) is 0 Å². The number of aliphatic carboxylic acids is 1. The predicted molar refractivity (Wildman–Crippen MR) is 113 cm³/mol. The third-order valence-corrected chi connectivity index (χ3v) is 6.54. The Balaban J connectivity index is 1.40. The van der Waals surface area contributed by atoms with Gasteiger partial charge in [0.2, 0.25) is 0 Å². The third-order valence-electron chi connectivity index (χ3n) is 5.49. The van der Waals surface area contributed by atoms with Gasteiger partial charge in [-0.05, 0) is 43.4 Å². The monoisotopic (exact) mass is 386 g/mol. The molecular formula is C23H30O3S. The second-order valence-electron chi connectivity index (χ2n) is 7.45. The number of fused-ring (bicyclic) bond motifs is 2. The van der Waals surface area contributed by atoms with E-state index in [0.29, 0.717) is 24.0 Å². The summed E-state index contributed by atoms with van der Waals surface area (Å²) >= 11 is 2.00. The molecule has 0 aliphatic carbocycles. The molecule has 3 rings (SSSR count). The van der Waals surface area contributed by atoms with Gasteiger partial charge < -0.3 is 9.84 Å². The second kappa shape index (κ2) is 10.7. The van der Waals surface area contributed by atoms with Gasteiger partial charge in [0.15, 0.2) is 0 Å². The average molecular weight is 387 g/mol. The van der Waals surface area contributed by atoms with E-state index in [0.717, 1.165) is 30.8 Å². The van der Waals surface area contributed by atoms with Crippen LogP contribution < -0.4 is 0 Å². The molecule has 0 amide bonds. The van der Waals surface area contributed by atoms with Crippen LogP contribution in [0.4, 0.5) is 0 Å². The van der Waals surface area contributed by atoms with Crippen molar-refractivity contribution in [1.82, 2.24) is 0 Å². The maximum atomic E-state index is 10.6. The molecular weight excluding hydrogens is 356 g/mol. The van der Waals surface area contributed by atoms with Gasteiger partial charge in [-0.1, -0.05) is 54.6 Å². The molecule has 2 aliphatic rings. The van der Waals surface area contributed by atoms with E-state index in [-0.39, 0.29) is 6.42 Å². The molecule has 1 aromatic rings. The van der Waals surface area contributed by atoms with Crippen molar-refractivity contribution < 1.29 is 14.6 Å². The summed E-state index contributed by atoms with van der Waals surface area (Å²) in [6.07, 6.45) is 15.2. The van der Waals surface area contributed by atoms with Gasteiger partial charge in [0.05, 0.1) is 12.2 Å². The molecule has 146 valence electrons. The van der Waals surface area contributed by atoms with E-state index in [1.54, 1.807) is 0 Å². The molecule has 2 fully saturated rings. The molecule has 0 unspecified atom stereocenters. The van der Waals surface area contributed by atoms with Crippen LogP contribution in [0.15, 0.2) is 48.6 Å². The molecule has 3 nitrogen and oxygen atoms in total. The Morgan fingerprint density at radius 1 is 1.15 bits per heavy atom. The van der Waals surface area contributed by atoms with Gasteiger partial charge in [-0.15, -0.1) is 0 Å². The van der Waals surface area contributed by atoms with Crippen LogP contribution in [0.3, 0.4) is 0 Å². The minimum absolute atomic E-state index is 0.279. The zero-order valence-electron chi connectivity index (χ0n) is 15.8. The highest BCUT2D eigenvalue weighted by molar-refractivity contribution is 7.99. The van der Waals surface area contributed by atoms with Crippen molar-refractivity contribution in [2.75, 3.05) is 11.5 Å². The molecule has 27 heavy (non-hydrogen) atoms. The Morgan fingerprint density at radius 2 is 1.96 bits per heavy atom. The zero-order valence-corrected chi connectivity index (χ0v) is 16.7. The predicted octanol–water partition coefficient (Wildman–Crippen LogP) is 5.43. The summed E-state index contributed by atoms with van der Waals surface area (Å²) in [5.74, 6) is 2.64. The maximum Gasteiger partial charge on any atom is 0.303 e. The zero-order chi connectivity index (χ0) is 18.9. The lowest BCUT2D eigenvalue weighted by molar-refractivity contribution is -0.137. The normalized spacial score (nSPS) is 27.1. The number of hydrogen-bond donors (Lipinski definition) is 1. The number of rotatable bonds is 11. The van der Waals surface area contributed by atoms with Gasteiger partial charge in [0, 0.05) is 24.0 Å². The van der Waals surface area contributed by atoms with Gasteiger partial charge >= 0.3 is 5.97 Å². The molecule has 2 saturated heterocycles. The lowest BCUT2D eigenvalue weighted by Crippen LogP contribution is -2.27. The number of carboxylic acid groups (broad SMARTS) is 1. The summed E-state index contributed by atoms with van der Waals surface area (Å²) in [6, 6.07) is 10.4. The van der Waals surface area contributed by atoms with Crippen LogP contribution in [0.25, 0.3) is 6.08 Å². The lowest BCUT2D eigenvalue weighted by Gasteiger charge is -2.25. The number of allylic oxidation sites excluding steroid dienone is 1. The Kier molecular flexibility index (Phi) is 8.03. The number of ether oxygens (including phenoxy) is 1. The van der Waals surface area contributed by atoms with Crippen LogP contribution >= 0.6 is 11.8 Å². The van der Waals surface area contributed by atoms with Crippen molar-refractivity contribution in [3.05, 3.63) is 54.1 Å². The quantitative estimate of drug-likeness (QED) is 0.407. The van der Waals surface area contributed by atoms with Crippen LogP contribution in [0.2, 0.25) is 0 Å². The van der Waals surface area contributed by atoms with Crippen molar-refractivity contribution in [3.63, 3.8) is 0 Å². The first kappa shape index (κ1) is 20.2. The van der Waals surface area contributed by atoms with Gasteiger partial charge in [0.1, 0.15) is 0 Å². The van der Waals surface area contributed by atoms with Crippen molar-refractivity contribution in [2.45, 2.75) is 50.7 Å². The SMILES string of the molecule is O=C(O)CCCCC=C[C@H]1[C@@H](CSCC=Cc2ccccc2)[C@H]2CC[C@@H]1O2. The minimum atomic E-state index is -0.695. The van der Waals surface area contributed by atoms with Crippen LogP contribution in [0, 0.1) is 11.8 Å². The molecule has 1 aromatic carbocycles. The minimum Gasteiger partial charge on any atom is -0.481 e. The van der Waals surface area contributed by atoms with Crippen molar-refractivity contribution in [1.29, 1.82) is 0 Å². The number of hydrogen-bond acceptors (Lipinski definition) is 3. The molecule has 2 heterocycles. The Morgan fingerprint density at radius 3 is 2.78 bits per heavy atom. The summed E-state index contributed by atoms with van der Waals surface area (Å²) in [5.41, 5.74) is 1.25. The van der Waals surface area contributed by atoms with E-state index in [2.05, 4.69) is 48.6 Å². The first-order chi connectivity index (χ1) is 13.2. The molecule has 0 saturated carbocycles. The summed E-state index contributed by atoms with van der Waals surface area (Å²) < 4.78 is 6.17. The highest BCUT2D eigenvalue weighted by Gasteiger charge is 2.47. The van der Waals surface area contributed by atoms with Crippen LogP contribution in [0.1, 0.15) is 44.1 Å². The highest BCUT2D eigenvalue weighted by atomic mass is 32.2. The van der Waals surface area contributed by atoms with Gasteiger partial charge in [-0.2, -0.15) is 11.8 Å². The summed E-state index contributed by atoms with van der Waals surface area (Å²) in [6.45, 7) is 0. The fourth-order valence-electron chi connectivity index (χ4n) is 4.11. The first-order valence-electron chi connectivity index (χ1n) is 10.1. The number of benzene rings is 1. The molecule has 0 aromatic heterocycles. The van der Waals surface area contributed by atoms with E-state index in [4.69, 9.17) is 9.84 Å².